The van der Waals surface area contributed by atoms with Crippen molar-refractivity contribution in [3.8, 4) is 0 Å². The van der Waals surface area contributed by atoms with Gasteiger partial charge in [0, 0.05) is 38.1 Å². The molecule has 0 bridgehead atoms. The maximum absolute atomic E-state index is 12.5. The number of hydrogen-bond donors (Lipinski definition) is 1. The Morgan fingerprint density at radius 1 is 1.10 bits per heavy atom. The zero-order valence-corrected chi connectivity index (χ0v) is 13.2. The molecule has 2 rings (SSSR count). The molecule has 20 heavy (non-hydrogen) atoms. The second kappa shape index (κ2) is 7.41. The SMILES string of the molecule is CC(C)CCN1CCN(C(=O)C2CCC(N)CC2)CC1. The van der Waals surface area contributed by atoms with Crippen LogP contribution < -0.4 is 5.73 Å². The summed E-state index contributed by atoms with van der Waals surface area (Å²) in [6.45, 7) is 9.65. The summed E-state index contributed by atoms with van der Waals surface area (Å²) in [6, 6.07) is 0.326. The maximum Gasteiger partial charge on any atom is 0.225 e. The van der Waals surface area contributed by atoms with Crippen LogP contribution in [0.5, 0.6) is 0 Å². The molecule has 2 fully saturated rings. The molecule has 4 heteroatoms. The van der Waals surface area contributed by atoms with Crippen LogP contribution in [0.2, 0.25) is 0 Å². The first-order valence-electron chi connectivity index (χ1n) is 8.33. The average Bonchev–Trinajstić information content (AvgIpc) is 2.46. The van der Waals surface area contributed by atoms with E-state index in [1.165, 1.54) is 13.0 Å². The van der Waals surface area contributed by atoms with Crippen LogP contribution in [0.1, 0.15) is 46.0 Å². The van der Waals surface area contributed by atoms with Crippen molar-refractivity contribution in [3.05, 3.63) is 0 Å². The lowest BCUT2D eigenvalue weighted by Gasteiger charge is -2.37. The topological polar surface area (TPSA) is 49.6 Å². The van der Waals surface area contributed by atoms with Gasteiger partial charge in [-0.15, -0.1) is 0 Å². The highest BCUT2D eigenvalue weighted by molar-refractivity contribution is 5.79. The molecular formula is C16H31N3O. The molecule has 1 aliphatic carbocycles. The molecule has 0 spiro atoms. The number of nitrogens with two attached hydrogens (primary N) is 1. The smallest absolute Gasteiger partial charge is 0.225 e. The van der Waals surface area contributed by atoms with Crippen LogP contribution >= 0.6 is 0 Å². The third-order valence-corrected chi connectivity index (χ3v) is 4.83. The monoisotopic (exact) mass is 281 g/mol. The fraction of sp³-hybridized carbons (Fsp3) is 0.938. The van der Waals surface area contributed by atoms with Crippen molar-refractivity contribution >= 4 is 5.91 Å². The van der Waals surface area contributed by atoms with Gasteiger partial charge in [-0.3, -0.25) is 9.69 Å². The Balaban J connectivity index is 1.71. The molecule has 1 saturated heterocycles. The summed E-state index contributed by atoms with van der Waals surface area (Å²) in [5.74, 6) is 1.40. The number of hydrogen-bond acceptors (Lipinski definition) is 3. The van der Waals surface area contributed by atoms with Gasteiger partial charge in [0.1, 0.15) is 0 Å². The predicted octanol–water partition coefficient (Wildman–Crippen LogP) is 1.69. The Morgan fingerprint density at radius 2 is 1.70 bits per heavy atom. The minimum atomic E-state index is 0.247. The lowest BCUT2D eigenvalue weighted by atomic mass is 9.85. The minimum Gasteiger partial charge on any atom is -0.340 e. The first-order chi connectivity index (χ1) is 9.56. The summed E-state index contributed by atoms with van der Waals surface area (Å²) in [7, 11) is 0. The molecule has 4 nitrogen and oxygen atoms in total. The number of rotatable bonds is 4. The van der Waals surface area contributed by atoms with Gasteiger partial charge in [0.2, 0.25) is 5.91 Å². The van der Waals surface area contributed by atoms with Gasteiger partial charge in [-0.25, -0.2) is 0 Å². The standard InChI is InChI=1S/C16H31N3O/c1-13(2)7-8-18-9-11-19(12-10-18)16(20)14-3-5-15(17)6-4-14/h13-15H,3-12,17H2,1-2H3. The Bertz CT molecular complexity index is 303. The van der Waals surface area contributed by atoms with E-state index in [2.05, 4.69) is 23.6 Å². The summed E-state index contributed by atoms with van der Waals surface area (Å²) >= 11 is 0. The summed E-state index contributed by atoms with van der Waals surface area (Å²) in [4.78, 5) is 17.1. The number of nitrogens with zero attached hydrogens (tertiary/aromatic N) is 2. The van der Waals surface area contributed by atoms with Crippen LogP contribution in [-0.4, -0.2) is 54.5 Å². The van der Waals surface area contributed by atoms with Crippen LogP contribution in [0.25, 0.3) is 0 Å². The molecule has 0 aromatic heterocycles. The van der Waals surface area contributed by atoms with E-state index in [1.54, 1.807) is 0 Å². The number of piperazine rings is 1. The third kappa shape index (κ3) is 4.45. The van der Waals surface area contributed by atoms with Gasteiger partial charge in [-0.2, -0.15) is 0 Å². The molecule has 1 aliphatic heterocycles. The molecule has 2 N–H and O–H groups in total. The molecule has 0 aromatic carbocycles. The van der Waals surface area contributed by atoms with Gasteiger partial charge in [0.25, 0.3) is 0 Å². The number of carbonyl (C=O) groups is 1. The van der Waals surface area contributed by atoms with Gasteiger partial charge in [-0.1, -0.05) is 13.8 Å². The second-order valence-electron chi connectivity index (χ2n) is 6.96. The van der Waals surface area contributed by atoms with Gasteiger partial charge in [0.15, 0.2) is 0 Å². The van der Waals surface area contributed by atoms with Crippen molar-refractivity contribution in [2.45, 2.75) is 52.0 Å². The molecule has 1 amide bonds. The molecule has 116 valence electrons. The maximum atomic E-state index is 12.5. The van der Waals surface area contributed by atoms with Gasteiger partial charge < -0.3 is 10.6 Å². The van der Waals surface area contributed by atoms with Crippen molar-refractivity contribution in [1.29, 1.82) is 0 Å². The van der Waals surface area contributed by atoms with E-state index in [0.29, 0.717) is 11.9 Å². The molecule has 0 unspecified atom stereocenters. The lowest BCUT2D eigenvalue weighted by Crippen LogP contribution is -2.51. The predicted molar refractivity (Wildman–Crippen MR) is 82.4 cm³/mol. The van der Waals surface area contributed by atoms with E-state index in [-0.39, 0.29) is 5.92 Å². The molecular weight excluding hydrogens is 250 g/mol. The molecule has 0 aromatic rings. The van der Waals surface area contributed by atoms with E-state index < -0.39 is 0 Å². The molecule has 1 heterocycles. The van der Waals surface area contributed by atoms with Crippen molar-refractivity contribution in [2.24, 2.45) is 17.6 Å². The second-order valence-corrected chi connectivity index (χ2v) is 6.96. The zero-order chi connectivity index (χ0) is 14.5. The van der Waals surface area contributed by atoms with Crippen LogP contribution in [0, 0.1) is 11.8 Å². The van der Waals surface area contributed by atoms with Crippen LogP contribution in [0.15, 0.2) is 0 Å². The number of amides is 1. The highest BCUT2D eigenvalue weighted by Gasteiger charge is 2.29. The molecule has 2 aliphatic rings. The first-order valence-corrected chi connectivity index (χ1v) is 8.33. The first kappa shape index (κ1) is 15.8. The summed E-state index contributed by atoms with van der Waals surface area (Å²) < 4.78 is 0. The molecule has 1 saturated carbocycles. The molecule has 0 radical (unpaired) electrons. The van der Waals surface area contributed by atoms with Crippen molar-refractivity contribution in [2.75, 3.05) is 32.7 Å². The third-order valence-electron chi connectivity index (χ3n) is 4.83. The van der Waals surface area contributed by atoms with Crippen LogP contribution in [-0.2, 0) is 4.79 Å². The van der Waals surface area contributed by atoms with E-state index in [0.717, 1.165) is 57.8 Å². The normalized spacial score (nSPS) is 28.9. The Hall–Kier alpha value is -0.610. The van der Waals surface area contributed by atoms with Crippen molar-refractivity contribution in [3.63, 3.8) is 0 Å². The van der Waals surface area contributed by atoms with Crippen molar-refractivity contribution in [1.82, 2.24) is 9.80 Å². The summed E-state index contributed by atoms with van der Waals surface area (Å²) in [6.07, 6.45) is 5.28. The Labute approximate surface area is 123 Å². The van der Waals surface area contributed by atoms with Gasteiger partial charge >= 0.3 is 0 Å². The Morgan fingerprint density at radius 3 is 2.25 bits per heavy atom. The quantitative estimate of drug-likeness (QED) is 0.853. The van der Waals surface area contributed by atoms with Gasteiger partial charge in [0.05, 0.1) is 0 Å². The molecule has 0 atom stereocenters. The lowest BCUT2D eigenvalue weighted by molar-refractivity contribution is -0.138. The largest absolute Gasteiger partial charge is 0.340 e. The van der Waals surface area contributed by atoms with E-state index >= 15 is 0 Å². The average molecular weight is 281 g/mol. The number of carbonyl (C=O) groups excluding carboxylic acids is 1. The van der Waals surface area contributed by atoms with Crippen LogP contribution in [0.3, 0.4) is 0 Å². The summed E-state index contributed by atoms with van der Waals surface area (Å²) in [5.41, 5.74) is 5.92. The highest BCUT2D eigenvalue weighted by Crippen LogP contribution is 2.25. The minimum absolute atomic E-state index is 0.247. The van der Waals surface area contributed by atoms with E-state index in [4.69, 9.17) is 5.73 Å². The fourth-order valence-electron chi connectivity index (χ4n) is 3.26. The van der Waals surface area contributed by atoms with Crippen LogP contribution in [0.4, 0.5) is 0 Å². The fourth-order valence-corrected chi connectivity index (χ4v) is 3.26. The Kier molecular flexibility index (Phi) is 5.85. The van der Waals surface area contributed by atoms with Crippen molar-refractivity contribution < 1.29 is 4.79 Å². The zero-order valence-electron chi connectivity index (χ0n) is 13.2. The highest BCUT2D eigenvalue weighted by atomic mass is 16.2. The van der Waals surface area contributed by atoms with E-state index in [9.17, 15) is 4.79 Å². The van der Waals surface area contributed by atoms with Gasteiger partial charge in [-0.05, 0) is 44.6 Å². The van der Waals surface area contributed by atoms with E-state index in [1.807, 2.05) is 0 Å². The summed E-state index contributed by atoms with van der Waals surface area (Å²) in [5, 5.41) is 0.